The highest BCUT2D eigenvalue weighted by Gasteiger charge is 2.17. The van der Waals surface area contributed by atoms with Gasteiger partial charge in [-0.25, -0.2) is 14.3 Å². The first kappa shape index (κ1) is 17.1. The molecule has 2 heterocycles. The van der Waals surface area contributed by atoms with Crippen LogP contribution in [-0.4, -0.2) is 24.5 Å². The number of nitrogens with zero attached hydrogens (tertiary/aromatic N) is 5. The Hall–Kier alpha value is -2.34. The molecule has 0 spiro atoms. The lowest BCUT2D eigenvalue weighted by molar-refractivity contribution is 0.686. The fraction of sp³-hybridized carbons (Fsp3) is 0.0556. The number of aromatic nitrogens is 5. The number of hydrogen-bond acceptors (Lipinski definition) is 3. The second-order valence-electron chi connectivity index (χ2n) is 5.63. The molecule has 0 radical (unpaired) electrons. The van der Waals surface area contributed by atoms with Crippen LogP contribution in [-0.2, 0) is 6.54 Å². The fourth-order valence-corrected chi connectivity index (χ4v) is 3.35. The minimum Gasteiger partial charge on any atom is -0.248 e. The Morgan fingerprint density at radius 1 is 0.885 bits per heavy atom. The molecule has 0 atom stereocenters. The zero-order chi connectivity index (χ0) is 18.1. The van der Waals surface area contributed by atoms with Crippen molar-refractivity contribution in [1.29, 1.82) is 0 Å². The summed E-state index contributed by atoms with van der Waals surface area (Å²) in [7, 11) is 0. The summed E-state index contributed by atoms with van der Waals surface area (Å²) in [4.78, 5) is 3.99. The number of benzene rings is 2. The first-order chi connectivity index (χ1) is 12.6. The third kappa shape index (κ3) is 3.33. The highest BCUT2D eigenvalue weighted by molar-refractivity contribution is 6.35. The van der Waals surface area contributed by atoms with E-state index in [-0.39, 0.29) is 0 Å². The van der Waals surface area contributed by atoms with Gasteiger partial charge in [-0.2, -0.15) is 10.2 Å². The van der Waals surface area contributed by atoms with Crippen molar-refractivity contribution < 1.29 is 0 Å². The molecule has 0 N–H and O–H groups in total. The Bertz CT molecular complexity index is 1040. The van der Waals surface area contributed by atoms with Gasteiger partial charge in [0.05, 0.1) is 29.1 Å². The second-order valence-corrected chi connectivity index (χ2v) is 6.91. The third-order valence-corrected chi connectivity index (χ3v) is 4.69. The molecule has 0 aliphatic heterocycles. The average Bonchev–Trinajstić information content (AvgIpc) is 3.26. The van der Waals surface area contributed by atoms with Gasteiger partial charge in [0.15, 0.2) is 0 Å². The summed E-state index contributed by atoms with van der Waals surface area (Å²) in [5.74, 6) is 0. The zero-order valence-electron chi connectivity index (χ0n) is 13.4. The molecule has 2 aromatic carbocycles. The van der Waals surface area contributed by atoms with Crippen molar-refractivity contribution in [2.24, 2.45) is 0 Å². The number of hydrogen-bond donors (Lipinski definition) is 0. The zero-order valence-corrected chi connectivity index (χ0v) is 15.6. The van der Waals surface area contributed by atoms with Crippen LogP contribution in [0.5, 0.6) is 0 Å². The molecule has 26 heavy (non-hydrogen) atoms. The summed E-state index contributed by atoms with van der Waals surface area (Å²) in [6, 6.07) is 12.9. The Morgan fingerprint density at radius 3 is 2.35 bits per heavy atom. The summed E-state index contributed by atoms with van der Waals surface area (Å²) in [6.45, 7) is 0.531. The van der Waals surface area contributed by atoms with Gasteiger partial charge in [0.1, 0.15) is 12.7 Å². The topological polar surface area (TPSA) is 48.5 Å². The average molecular weight is 405 g/mol. The van der Waals surface area contributed by atoms with Crippen LogP contribution in [0.1, 0.15) is 5.56 Å². The van der Waals surface area contributed by atoms with E-state index in [2.05, 4.69) is 15.2 Å². The maximum Gasteiger partial charge on any atom is 0.137 e. The predicted octanol–water partition coefficient (Wildman–Crippen LogP) is 5.14. The first-order valence-corrected chi connectivity index (χ1v) is 8.86. The summed E-state index contributed by atoms with van der Waals surface area (Å²) in [5.41, 5.74) is 3.59. The van der Waals surface area contributed by atoms with Crippen molar-refractivity contribution in [3.63, 3.8) is 0 Å². The van der Waals surface area contributed by atoms with Gasteiger partial charge < -0.3 is 0 Å². The quantitative estimate of drug-likeness (QED) is 0.473. The van der Waals surface area contributed by atoms with E-state index >= 15 is 0 Å². The van der Waals surface area contributed by atoms with E-state index in [1.54, 1.807) is 34.0 Å². The smallest absolute Gasteiger partial charge is 0.137 e. The van der Waals surface area contributed by atoms with Crippen LogP contribution < -0.4 is 0 Å². The molecule has 0 aliphatic rings. The SMILES string of the molecule is Clc1ccc(-c2c(Cn3cncn3)cnn2-c2ccc(Cl)cc2Cl)cc1. The van der Waals surface area contributed by atoms with Crippen molar-refractivity contribution in [2.45, 2.75) is 6.54 Å². The van der Waals surface area contributed by atoms with Crippen LogP contribution in [0.15, 0.2) is 61.3 Å². The summed E-state index contributed by atoms with van der Waals surface area (Å²) < 4.78 is 3.54. The molecule has 0 saturated carbocycles. The van der Waals surface area contributed by atoms with Crippen LogP contribution in [0.2, 0.25) is 15.1 Å². The molecular weight excluding hydrogens is 393 g/mol. The third-order valence-electron chi connectivity index (χ3n) is 3.90. The molecule has 5 nitrogen and oxygen atoms in total. The molecular formula is C18H12Cl3N5. The Labute approximate surface area is 164 Å². The molecule has 4 rings (SSSR count). The van der Waals surface area contributed by atoms with E-state index in [0.29, 0.717) is 21.6 Å². The summed E-state index contributed by atoms with van der Waals surface area (Å²) >= 11 is 18.5. The van der Waals surface area contributed by atoms with Gasteiger partial charge in [-0.05, 0) is 30.3 Å². The normalized spacial score (nSPS) is 11.0. The van der Waals surface area contributed by atoms with Crippen molar-refractivity contribution >= 4 is 34.8 Å². The van der Waals surface area contributed by atoms with E-state index in [0.717, 1.165) is 22.5 Å². The van der Waals surface area contributed by atoms with Crippen molar-refractivity contribution in [3.8, 4) is 16.9 Å². The van der Waals surface area contributed by atoms with Gasteiger partial charge in [-0.15, -0.1) is 0 Å². The van der Waals surface area contributed by atoms with E-state index < -0.39 is 0 Å². The van der Waals surface area contributed by atoms with E-state index in [1.165, 1.54) is 6.33 Å². The first-order valence-electron chi connectivity index (χ1n) is 7.72. The lowest BCUT2D eigenvalue weighted by Crippen LogP contribution is -2.04. The molecule has 8 heteroatoms. The molecule has 0 bridgehead atoms. The molecule has 0 amide bonds. The minimum absolute atomic E-state index is 0.517. The maximum atomic E-state index is 6.41. The van der Waals surface area contributed by atoms with Crippen LogP contribution in [0, 0.1) is 0 Å². The standard InChI is InChI=1S/C18H12Cl3N5/c19-14-3-1-12(2-4-14)18-13(9-25-11-22-10-24-25)8-23-26(18)17-6-5-15(20)7-16(17)21/h1-8,10-11H,9H2. The van der Waals surface area contributed by atoms with Gasteiger partial charge >= 0.3 is 0 Å². The summed E-state index contributed by atoms with van der Waals surface area (Å²) in [5, 5.41) is 10.5. The molecule has 4 aromatic rings. The lowest BCUT2D eigenvalue weighted by atomic mass is 10.1. The molecule has 0 fully saturated rings. The lowest BCUT2D eigenvalue weighted by Gasteiger charge is -2.12. The Kier molecular flexibility index (Phi) is 4.68. The highest BCUT2D eigenvalue weighted by Crippen LogP contribution is 2.32. The molecule has 0 unspecified atom stereocenters. The highest BCUT2D eigenvalue weighted by atomic mass is 35.5. The maximum absolute atomic E-state index is 6.41. The molecule has 2 aromatic heterocycles. The second kappa shape index (κ2) is 7.11. The number of rotatable bonds is 4. The minimum atomic E-state index is 0.517. The van der Waals surface area contributed by atoms with E-state index in [1.807, 2.05) is 30.3 Å². The van der Waals surface area contributed by atoms with E-state index in [4.69, 9.17) is 34.8 Å². The summed E-state index contributed by atoms with van der Waals surface area (Å²) in [6.07, 6.45) is 4.97. The van der Waals surface area contributed by atoms with Gasteiger partial charge in [0.25, 0.3) is 0 Å². The van der Waals surface area contributed by atoms with Gasteiger partial charge in [0.2, 0.25) is 0 Å². The van der Waals surface area contributed by atoms with Crippen LogP contribution in [0.3, 0.4) is 0 Å². The Morgan fingerprint density at radius 2 is 1.65 bits per heavy atom. The van der Waals surface area contributed by atoms with E-state index in [9.17, 15) is 0 Å². The fourth-order valence-electron chi connectivity index (χ4n) is 2.74. The molecule has 130 valence electrons. The van der Waals surface area contributed by atoms with Crippen LogP contribution in [0.25, 0.3) is 16.9 Å². The largest absolute Gasteiger partial charge is 0.248 e. The predicted molar refractivity (Wildman–Crippen MR) is 103 cm³/mol. The molecule has 0 aliphatic carbocycles. The Balaban J connectivity index is 1.88. The van der Waals surface area contributed by atoms with Crippen molar-refractivity contribution in [2.75, 3.05) is 0 Å². The van der Waals surface area contributed by atoms with Gasteiger partial charge in [-0.1, -0.05) is 46.9 Å². The molecule has 0 saturated heterocycles. The monoisotopic (exact) mass is 403 g/mol. The van der Waals surface area contributed by atoms with Crippen LogP contribution in [0.4, 0.5) is 0 Å². The van der Waals surface area contributed by atoms with Crippen LogP contribution >= 0.6 is 34.8 Å². The van der Waals surface area contributed by atoms with Gasteiger partial charge in [-0.3, -0.25) is 0 Å². The van der Waals surface area contributed by atoms with Crippen molar-refractivity contribution in [3.05, 3.63) is 81.9 Å². The van der Waals surface area contributed by atoms with Crippen molar-refractivity contribution in [1.82, 2.24) is 24.5 Å². The number of halogens is 3. The van der Waals surface area contributed by atoms with Gasteiger partial charge in [0, 0.05) is 21.2 Å².